The Morgan fingerprint density at radius 1 is 0.889 bits per heavy atom. The van der Waals surface area contributed by atoms with E-state index in [1.165, 1.54) is 0 Å². The van der Waals surface area contributed by atoms with Gasteiger partial charge in [0.25, 0.3) is 5.91 Å². The first-order valence-electron chi connectivity index (χ1n) is 9.07. The van der Waals surface area contributed by atoms with E-state index in [9.17, 15) is 4.79 Å². The lowest BCUT2D eigenvalue weighted by atomic mass is 9.98. The summed E-state index contributed by atoms with van der Waals surface area (Å²) >= 11 is 0. The predicted molar refractivity (Wildman–Crippen MR) is 104 cm³/mol. The fourth-order valence-electron chi connectivity index (χ4n) is 3.20. The lowest BCUT2D eigenvalue weighted by Crippen LogP contribution is -2.45. The molecular weight excluding hydrogens is 338 g/mol. The topological polar surface area (TPSA) is 47.6 Å². The van der Waals surface area contributed by atoms with Crippen LogP contribution in [0, 0.1) is 0 Å². The third-order valence-electron chi connectivity index (χ3n) is 4.60. The number of para-hydroxylation sites is 2. The number of ether oxygens (including phenoxy) is 2. The molecule has 1 N–H and O–H groups in total. The summed E-state index contributed by atoms with van der Waals surface area (Å²) in [6, 6.07) is 27.4. The Bertz CT molecular complexity index is 896. The van der Waals surface area contributed by atoms with Crippen molar-refractivity contribution in [3.63, 3.8) is 0 Å². The first-order valence-corrected chi connectivity index (χ1v) is 9.07. The van der Waals surface area contributed by atoms with Crippen LogP contribution in [-0.2, 0) is 11.2 Å². The molecule has 4 nitrogen and oxygen atoms in total. The third kappa shape index (κ3) is 4.11. The Labute approximate surface area is 158 Å². The maximum Gasteiger partial charge on any atom is 0.265 e. The van der Waals surface area contributed by atoms with E-state index in [0.717, 1.165) is 11.1 Å². The zero-order chi connectivity index (χ0) is 18.5. The highest BCUT2D eigenvalue weighted by Crippen LogP contribution is 2.31. The van der Waals surface area contributed by atoms with Crippen LogP contribution in [0.4, 0.5) is 0 Å². The summed E-state index contributed by atoms with van der Waals surface area (Å²) in [5, 5.41) is 3.14. The van der Waals surface area contributed by atoms with E-state index in [0.29, 0.717) is 17.9 Å². The lowest BCUT2D eigenvalue weighted by Gasteiger charge is -2.28. The number of fused-ring (bicyclic) bond motifs is 1. The van der Waals surface area contributed by atoms with Crippen LogP contribution in [0.15, 0.2) is 84.9 Å². The Morgan fingerprint density at radius 3 is 2.26 bits per heavy atom. The number of hydrogen-bond donors (Lipinski definition) is 1. The Kier molecular flexibility index (Phi) is 5.06. The van der Waals surface area contributed by atoms with Crippen LogP contribution in [0.5, 0.6) is 11.5 Å². The van der Waals surface area contributed by atoms with Crippen molar-refractivity contribution >= 4 is 5.91 Å². The quantitative estimate of drug-likeness (QED) is 0.751. The minimum Gasteiger partial charge on any atom is -0.485 e. The van der Waals surface area contributed by atoms with Gasteiger partial charge in [-0.1, -0.05) is 72.8 Å². The number of carbonyl (C=O) groups is 1. The van der Waals surface area contributed by atoms with Crippen LogP contribution in [-0.4, -0.2) is 18.6 Å². The van der Waals surface area contributed by atoms with Crippen molar-refractivity contribution in [2.45, 2.75) is 18.6 Å². The molecule has 0 saturated heterocycles. The molecule has 136 valence electrons. The third-order valence-corrected chi connectivity index (χ3v) is 4.60. The van der Waals surface area contributed by atoms with Crippen molar-refractivity contribution in [2.75, 3.05) is 6.61 Å². The van der Waals surface area contributed by atoms with Gasteiger partial charge in [0.05, 0.1) is 6.04 Å². The fourth-order valence-corrected chi connectivity index (χ4v) is 3.20. The monoisotopic (exact) mass is 359 g/mol. The van der Waals surface area contributed by atoms with Gasteiger partial charge < -0.3 is 14.8 Å². The van der Waals surface area contributed by atoms with Gasteiger partial charge in [-0.15, -0.1) is 0 Å². The average molecular weight is 359 g/mol. The van der Waals surface area contributed by atoms with Gasteiger partial charge in [-0.05, 0) is 29.7 Å². The van der Waals surface area contributed by atoms with Crippen molar-refractivity contribution in [1.82, 2.24) is 5.32 Å². The molecule has 4 rings (SSSR count). The summed E-state index contributed by atoms with van der Waals surface area (Å²) in [4.78, 5) is 12.9. The Morgan fingerprint density at radius 2 is 1.52 bits per heavy atom. The van der Waals surface area contributed by atoms with Crippen molar-refractivity contribution in [2.24, 2.45) is 0 Å². The zero-order valence-electron chi connectivity index (χ0n) is 14.9. The van der Waals surface area contributed by atoms with E-state index in [1.54, 1.807) is 0 Å². The van der Waals surface area contributed by atoms with Crippen LogP contribution >= 0.6 is 0 Å². The van der Waals surface area contributed by atoms with Crippen molar-refractivity contribution in [1.29, 1.82) is 0 Å². The molecule has 3 aromatic rings. The first-order chi connectivity index (χ1) is 13.3. The molecule has 0 aromatic heterocycles. The molecule has 1 heterocycles. The van der Waals surface area contributed by atoms with Crippen LogP contribution in [0.25, 0.3) is 0 Å². The van der Waals surface area contributed by atoms with Gasteiger partial charge in [0.2, 0.25) is 6.10 Å². The number of benzene rings is 3. The lowest BCUT2D eigenvalue weighted by molar-refractivity contribution is -0.131. The number of rotatable bonds is 5. The van der Waals surface area contributed by atoms with Gasteiger partial charge in [0.15, 0.2) is 11.5 Å². The molecule has 1 aliphatic heterocycles. The van der Waals surface area contributed by atoms with Crippen LogP contribution in [0.1, 0.15) is 17.2 Å². The Balaban J connectivity index is 1.50. The van der Waals surface area contributed by atoms with Gasteiger partial charge in [0.1, 0.15) is 6.61 Å². The second-order valence-electron chi connectivity index (χ2n) is 6.53. The summed E-state index contributed by atoms with van der Waals surface area (Å²) in [6.45, 7) is 0.204. The summed E-state index contributed by atoms with van der Waals surface area (Å²) < 4.78 is 11.5. The molecule has 0 saturated carbocycles. The molecule has 1 amide bonds. The molecule has 4 heteroatoms. The molecule has 0 fully saturated rings. The van der Waals surface area contributed by atoms with E-state index >= 15 is 0 Å². The fraction of sp³-hybridized carbons (Fsp3) is 0.174. The summed E-state index contributed by atoms with van der Waals surface area (Å²) in [7, 11) is 0. The number of hydrogen-bond acceptors (Lipinski definition) is 3. The van der Waals surface area contributed by atoms with Gasteiger partial charge in [0, 0.05) is 0 Å². The normalized spacial score (nSPS) is 16.4. The minimum absolute atomic E-state index is 0.137. The zero-order valence-corrected chi connectivity index (χ0v) is 14.9. The predicted octanol–water partition coefficient (Wildman–Crippen LogP) is 3.93. The van der Waals surface area contributed by atoms with Crippen molar-refractivity contribution < 1.29 is 14.3 Å². The molecule has 2 atom stereocenters. The SMILES string of the molecule is O=C(N[C@H](Cc1ccccc1)c1ccccc1)[C@H]1COc2ccccc2O1. The van der Waals surface area contributed by atoms with E-state index in [4.69, 9.17) is 9.47 Å². The van der Waals surface area contributed by atoms with Gasteiger partial charge in [-0.3, -0.25) is 4.79 Å². The maximum atomic E-state index is 12.9. The summed E-state index contributed by atoms with van der Waals surface area (Å²) in [6.07, 6.45) is 0.0442. The number of carbonyl (C=O) groups excluding carboxylic acids is 1. The highest BCUT2D eigenvalue weighted by atomic mass is 16.6. The second kappa shape index (κ2) is 7.96. The highest BCUT2D eigenvalue weighted by Gasteiger charge is 2.29. The van der Waals surface area contributed by atoms with Crippen molar-refractivity contribution in [3.8, 4) is 11.5 Å². The molecule has 0 aliphatic carbocycles. The van der Waals surface area contributed by atoms with E-state index < -0.39 is 6.10 Å². The largest absolute Gasteiger partial charge is 0.485 e. The van der Waals surface area contributed by atoms with Crippen LogP contribution in [0.3, 0.4) is 0 Å². The van der Waals surface area contributed by atoms with Gasteiger partial charge >= 0.3 is 0 Å². The molecule has 0 bridgehead atoms. The highest BCUT2D eigenvalue weighted by molar-refractivity contribution is 5.82. The molecule has 1 aliphatic rings. The average Bonchev–Trinajstić information content (AvgIpc) is 2.74. The molecule has 0 unspecified atom stereocenters. The number of amides is 1. The van der Waals surface area contributed by atoms with Crippen molar-refractivity contribution in [3.05, 3.63) is 96.1 Å². The summed E-state index contributed by atoms with van der Waals surface area (Å²) in [5.41, 5.74) is 2.23. The van der Waals surface area contributed by atoms with E-state index in [1.807, 2.05) is 72.8 Å². The van der Waals surface area contributed by atoms with E-state index in [2.05, 4.69) is 17.4 Å². The second-order valence-corrected chi connectivity index (χ2v) is 6.53. The van der Waals surface area contributed by atoms with E-state index in [-0.39, 0.29) is 18.6 Å². The standard InChI is InChI=1S/C23H21NO3/c25-23(22-16-26-20-13-7-8-14-21(20)27-22)24-19(18-11-5-2-6-12-18)15-17-9-3-1-4-10-17/h1-14,19,22H,15-16H2,(H,24,25)/t19-,22-/m1/s1. The number of nitrogens with one attached hydrogen (secondary N) is 1. The molecule has 0 spiro atoms. The molecule has 27 heavy (non-hydrogen) atoms. The summed E-state index contributed by atoms with van der Waals surface area (Å²) in [5.74, 6) is 1.10. The molecule has 3 aromatic carbocycles. The smallest absolute Gasteiger partial charge is 0.265 e. The Hall–Kier alpha value is -3.27. The maximum absolute atomic E-state index is 12.9. The first kappa shape index (κ1) is 17.2. The van der Waals surface area contributed by atoms with Crippen LogP contribution < -0.4 is 14.8 Å². The molecule has 0 radical (unpaired) electrons. The minimum atomic E-state index is -0.665. The molecular formula is C23H21NO3. The van der Waals surface area contributed by atoms with Gasteiger partial charge in [-0.25, -0.2) is 0 Å². The van der Waals surface area contributed by atoms with Gasteiger partial charge in [-0.2, -0.15) is 0 Å². The van der Waals surface area contributed by atoms with Crippen LogP contribution in [0.2, 0.25) is 0 Å².